The van der Waals surface area contributed by atoms with E-state index in [0.29, 0.717) is 28.9 Å². The molecule has 2 bridgehead atoms. The number of rotatable bonds is 4. The van der Waals surface area contributed by atoms with E-state index < -0.39 is 0 Å². The predicted molar refractivity (Wildman–Crippen MR) is 103 cm³/mol. The second-order valence-electron chi connectivity index (χ2n) is 7.34. The molecule has 3 aromatic heterocycles. The van der Waals surface area contributed by atoms with Gasteiger partial charge >= 0.3 is 6.01 Å². The lowest BCUT2D eigenvalue weighted by atomic mass is 10.1. The lowest BCUT2D eigenvalue weighted by Gasteiger charge is -2.32. The Balaban J connectivity index is 1.41. The summed E-state index contributed by atoms with van der Waals surface area (Å²) in [5.74, 6) is 0.246. The average Bonchev–Trinajstić information content (AvgIpc) is 3.46. The maximum absolute atomic E-state index is 13.4. The Hall–Kier alpha value is -3.07. The van der Waals surface area contributed by atoms with Crippen molar-refractivity contribution in [3.8, 4) is 11.7 Å². The van der Waals surface area contributed by atoms with E-state index in [-0.39, 0.29) is 24.1 Å². The third-order valence-electron chi connectivity index (χ3n) is 5.39. The molecule has 1 saturated carbocycles. The van der Waals surface area contributed by atoms with Crippen molar-refractivity contribution in [3.05, 3.63) is 53.3 Å². The number of ether oxygens (including phenoxy) is 1. The van der Waals surface area contributed by atoms with Gasteiger partial charge in [0.1, 0.15) is 11.8 Å². The fourth-order valence-electron chi connectivity index (χ4n) is 4.17. The highest BCUT2D eigenvalue weighted by molar-refractivity contribution is 6.30. The zero-order valence-corrected chi connectivity index (χ0v) is 16.4. The van der Waals surface area contributed by atoms with E-state index in [0.717, 1.165) is 18.5 Å². The number of aryl methyl sites for hydroxylation is 1. The number of hydrogen-bond donors (Lipinski definition) is 0. The Bertz CT molecular complexity index is 1040. The molecule has 148 valence electrons. The second-order valence-corrected chi connectivity index (χ2v) is 7.78. The molecule has 1 aliphatic heterocycles. The maximum Gasteiger partial charge on any atom is 0.316 e. The number of fused-ring (bicyclic) bond motifs is 2. The summed E-state index contributed by atoms with van der Waals surface area (Å²) >= 11 is 5.84. The molecule has 29 heavy (non-hydrogen) atoms. The van der Waals surface area contributed by atoms with Gasteiger partial charge in [0.05, 0.1) is 35.9 Å². The minimum Gasteiger partial charge on any atom is -0.458 e. The third-order valence-corrected chi connectivity index (χ3v) is 5.58. The molecule has 5 rings (SSSR count). The van der Waals surface area contributed by atoms with Gasteiger partial charge in [-0.1, -0.05) is 11.6 Å². The third kappa shape index (κ3) is 3.31. The van der Waals surface area contributed by atoms with Crippen molar-refractivity contribution in [1.82, 2.24) is 34.8 Å². The van der Waals surface area contributed by atoms with Gasteiger partial charge in [0.25, 0.3) is 5.91 Å². The molecule has 0 aromatic carbocycles. The first kappa shape index (κ1) is 18.0. The number of amides is 1. The number of piperidine rings is 1. The van der Waals surface area contributed by atoms with Crippen LogP contribution in [0.4, 0.5) is 0 Å². The van der Waals surface area contributed by atoms with Gasteiger partial charge in [-0.3, -0.25) is 4.79 Å². The number of carbonyl (C=O) groups is 1. The molecular weight excluding hydrogens is 394 g/mol. The number of aromatic nitrogens is 6. The van der Waals surface area contributed by atoms with E-state index >= 15 is 0 Å². The summed E-state index contributed by atoms with van der Waals surface area (Å²) < 4.78 is 5.98. The Morgan fingerprint density at radius 3 is 2.66 bits per heavy atom. The molecule has 1 saturated heterocycles. The van der Waals surface area contributed by atoms with E-state index in [9.17, 15) is 4.79 Å². The molecule has 3 unspecified atom stereocenters. The largest absolute Gasteiger partial charge is 0.458 e. The molecule has 3 aromatic rings. The molecule has 3 atom stereocenters. The number of carbonyl (C=O) groups excluding carboxylic acids is 1. The lowest BCUT2D eigenvalue weighted by Crippen LogP contribution is -2.47. The van der Waals surface area contributed by atoms with Crippen LogP contribution >= 0.6 is 11.6 Å². The summed E-state index contributed by atoms with van der Waals surface area (Å²) in [5.41, 5.74) is 1.66. The second kappa shape index (κ2) is 7.07. The SMILES string of the molecule is Cc1ccc(-n2nccn2)c(C(=O)N2CC3CC(Oc4ncc(Cl)cn4)C2C3)n1. The Labute approximate surface area is 171 Å². The molecule has 1 aliphatic carbocycles. The number of likely N-dealkylation sites (tertiary alicyclic amines) is 1. The minimum atomic E-state index is -0.157. The van der Waals surface area contributed by atoms with Gasteiger partial charge < -0.3 is 9.64 Å². The summed E-state index contributed by atoms with van der Waals surface area (Å²) in [6.07, 6.45) is 7.75. The van der Waals surface area contributed by atoms with Crippen LogP contribution in [0, 0.1) is 12.8 Å². The van der Waals surface area contributed by atoms with Crippen molar-refractivity contribution in [2.45, 2.75) is 31.9 Å². The predicted octanol–water partition coefficient (Wildman–Crippen LogP) is 2.10. The number of nitrogens with zero attached hydrogens (tertiary/aromatic N) is 7. The van der Waals surface area contributed by atoms with Crippen molar-refractivity contribution >= 4 is 17.5 Å². The molecule has 2 aliphatic rings. The molecule has 0 spiro atoms. The Morgan fingerprint density at radius 2 is 1.93 bits per heavy atom. The molecular formula is C19H18ClN7O2. The highest BCUT2D eigenvalue weighted by Crippen LogP contribution is 2.40. The molecule has 1 amide bonds. The molecule has 4 heterocycles. The fourth-order valence-corrected chi connectivity index (χ4v) is 4.26. The van der Waals surface area contributed by atoms with Gasteiger partial charge in [-0.15, -0.1) is 4.80 Å². The summed E-state index contributed by atoms with van der Waals surface area (Å²) in [7, 11) is 0. The van der Waals surface area contributed by atoms with Crippen LogP contribution in [0.3, 0.4) is 0 Å². The topological polar surface area (TPSA) is 98.9 Å². The lowest BCUT2D eigenvalue weighted by molar-refractivity contribution is 0.0447. The quantitative estimate of drug-likeness (QED) is 0.648. The van der Waals surface area contributed by atoms with Crippen LogP contribution in [0.5, 0.6) is 6.01 Å². The van der Waals surface area contributed by atoms with Crippen LogP contribution in [0.1, 0.15) is 29.0 Å². The van der Waals surface area contributed by atoms with Crippen LogP contribution in [0.15, 0.2) is 36.9 Å². The maximum atomic E-state index is 13.4. The van der Waals surface area contributed by atoms with E-state index in [4.69, 9.17) is 16.3 Å². The van der Waals surface area contributed by atoms with Crippen molar-refractivity contribution in [1.29, 1.82) is 0 Å². The molecule has 2 fully saturated rings. The Morgan fingerprint density at radius 1 is 1.17 bits per heavy atom. The standard InChI is InChI=1S/C19H18ClN7O2/c1-11-2-3-14(27-23-4-5-24-27)17(25-11)18(28)26-10-12-6-15(26)16(7-12)29-19-21-8-13(20)9-22-19/h2-5,8-9,12,15-16H,6-7,10H2,1H3. The van der Waals surface area contributed by atoms with E-state index in [1.165, 1.54) is 17.2 Å². The number of pyridine rings is 1. The van der Waals surface area contributed by atoms with Gasteiger partial charge in [-0.25, -0.2) is 15.0 Å². The summed E-state index contributed by atoms with van der Waals surface area (Å²) in [6, 6.07) is 3.89. The van der Waals surface area contributed by atoms with Gasteiger partial charge in [0.2, 0.25) is 0 Å². The summed E-state index contributed by atoms with van der Waals surface area (Å²) in [5, 5.41) is 8.76. The van der Waals surface area contributed by atoms with E-state index in [1.54, 1.807) is 12.4 Å². The normalized spacial score (nSPS) is 22.8. The van der Waals surface area contributed by atoms with Crippen LogP contribution < -0.4 is 4.74 Å². The van der Waals surface area contributed by atoms with Crippen LogP contribution in [-0.2, 0) is 0 Å². The molecule has 0 N–H and O–H groups in total. The van der Waals surface area contributed by atoms with Crippen LogP contribution in [0.2, 0.25) is 5.02 Å². The first-order valence-electron chi connectivity index (χ1n) is 9.38. The molecule has 0 radical (unpaired) electrons. The van der Waals surface area contributed by atoms with Gasteiger partial charge in [-0.05, 0) is 37.8 Å². The first-order chi connectivity index (χ1) is 14.1. The average molecular weight is 412 g/mol. The number of hydrogen-bond acceptors (Lipinski definition) is 7. The van der Waals surface area contributed by atoms with Crippen molar-refractivity contribution < 1.29 is 9.53 Å². The highest BCUT2D eigenvalue weighted by atomic mass is 35.5. The smallest absolute Gasteiger partial charge is 0.316 e. The van der Waals surface area contributed by atoms with Crippen LogP contribution in [-0.4, -0.2) is 59.4 Å². The zero-order valence-electron chi connectivity index (χ0n) is 15.6. The Kier molecular flexibility index (Phi) is 4.39. The van der Waals surface area contributed by atoms with Gasteiger partial charge in [0, 0.05) is 12.2 Å². The van der Waals surface area contributed by atoms with Gasteiger partial charge in [0.15, 0.2) is 5.69 Å². The summed E-state index contributed by atoms with van der Waals surface area (Å²) in [6.45, 7) is 2.55. The fraction of sp³-hybridized carbons (Fsp3) is 0.368. The minimum absolute atomic E-state index is 0.0486. The van der Waals surface area contributed by atoms with Crippen molar-refractivity contribution in [2.24, 2.45) is 5.92 Å². The summed E-state index contributed by atoms with van der Waals surface area (Å²) in [4.78, 5) is 29.4. The van der Waals surface area contributed by atoms with E-state index in [1.807, 2.05) is 24.0 Å². The molecule has 10 heteroatoms. The van der Waals surface area contributed by atoms with E-state index in [2.05, 4.69) is 25.1 Å². The van der Waals surface area contributed by atoms with Crippen LogP contribution in [0.25, 0.3) is 5.69 Å². The highest BCUT2D eigenvalue weighted by Gasteiger charge is 2.49. The zero-order chi connectivity index (χ0) is 20.0. The molecule has 9 nitrogen and oxygen atoms in total. The number of halogens is 1. The van der Waals surface area contributed by atoms with Gasteiger partial charge in [-0.2, -0.15) is 10.2 Å². The van der Waals surface area contributed by atoms with Crippen molar-refractivity contribution in [3.63, 3.8) is 0 Å². The first-order valence-corrected chi connectivity index (χ1v) is 9.76. The van der Waals surface area contributed by atoms with Crippen molar-refractivity contribution in [2.75, 3.05) is 6.54 Å². The monoisotopic (exact) mass is 411 g/mol.